The molecule has 20 heavy (non-hydrogen) atoms. The third-order valence-electron chi connectivity index (χ3n) is 2.78. The summed E-state index contributed by atoms with van der Waals surface area (Å²) < 4.78 is 4.69. The molecule has 0 bridgehead atoms. The van der Waals surface area contributed by atoms with Gasteiger partial charge in [0, 0.05) is 18.1 Å². The number of anilines is 1. The van der Waals surface area contributed by atoms with Gasteiger partial charge in [-0.2, -0.15) is 0 Å². The van der Waals surface area contributed by atoms with E-state index in [2.05, 4.69) is 20.0 Å². The minimum Gasteiger partial charge on any atom is -0.465 e. The Kier molecular flexibility index (Phi) is 4.53. The molecule has 6 heteroatoms. The fraction of sp³-hybridized carbons (Fsp3) is 0.214. The lowest BCUT2D eigenvalue weighted by molar-refractivity contribution is 0.0601. The van der Waals surface area contributed by atoms with Gasteiger partial charge in [-0.25, -0.2) is 4.79 Å². The zero-order chi connectivity index (χ0) is 14.5. The first-order valence-electron chi connectivity index (χ1n) is 6.02. The van der Waals surface area contributed by atoms with E-state index >= 15 is 0 Å². The molecule has 1 atom stereocenters. The van der Waals surface area contributed by atoms with Crippen molar-refractivity contribution < 1.29 is 9.53 Å². The first kappa shape index (κ1) is 14.3. The Balaban J connectivity index is 2.20. The van der Waals surface area contributed by atoms with Gasteiger partial charge in [-0.3, -0.25) is 9.97 Å². The van der Waals surface area contributed by atoms with Crippen LogP contribution in [0, 0.1) is 0 Å². The van der Waals surface area contributed by atoms with Crippen molar-refractivity contribution >= 4 is 23.3 Å². The molecule has 0 fully saturated rings. The van der Waals surface area contributed by atoms with Crippen molar-refractivity contribution in [2.75, 3.05) is 12.4 Å². The van der Waals surface area contributed by atoms with Crippen LogP contribution in [0.1, 0.15) is 29.0 Å². The Bertz CT molecular complexity index is 605. The maximum absolute atomic E-state index is 11.6. The zero-order valence-corrected chi connectivity index (χ0v) is 11.9. The standard InChI is InChI=1S/C14H14ClN3O2/c1-9(13-8-16-5-6-17-13)18-10-3-4-12(15)11(7-10)14(19)20-2/h3-9,18H,1-2H3. The van der Waals surface area contributed by atoms with Gasteiger partial charge in [0.05, 0.1) is 35.6 Å². The summed E-state index contributed by atoms with van der Waals surface area (Å²) in [6, 6.07) is 5.05. The highest BCUT2D eigenvalue weighted by Crippen LogP contribution is 2.24. The number of rotatable bonds is 4. The quantitative estimate of drug-likeness (QED) is 0.877. The van der Waals surface area contributed by atoms with Crippen LogP contribution in [0.4, 0.5) is 5.69 Å². The molecule has 2 aromatic rings. The number of halogens is 1. The second kappa shape index (κ2) is 6.34. The number of esters is 1. The SMILES string of the molecule is COC(=O)c1cc(NC(C)c2cnccn2)ccc1Cl. The predicted molar refractivity (Wildman–Crippen MR) is 76.9 cm³/mol. The number of carbonyl (C=O) groups is 1. The summed E-state index contributed by atoms with van der Waals surface area (Å²) in [5.74, 6) is -0.467. The predicted octanol–water partition coefficient (Wildman–Crippen LogP) is 3.09. The smallest absolute Gasteiger partial charge is 0.339 e. The van der Waals surface area contributed by atoms with Gasteiger partial charge in [-0.15, -0.1) is 0 Å². The van der Waals surface area contributed by atoms with E-state index in [0.717, 1.165) is 11.4 Å². The molecule has 5 nitrogen and oxygen atoms in total. The van der Waals surface area contributed by atoms with Gasteiger partial charge in [0.25, 0.3) is 0 Å². The lowest BCUT2D eigenvalue weighted by Gasteiger charge is -2.15. The van der Waals surface area contributed by atoms with Crippen LogP contribution in [0.2, 0.25) is 5.02 Å². The Morgan fingerprint density at radius 3 is 2.85 bits per heavy atom. The van der Waals surface area contributed by atoms with Crippen molar-refractivity contribution in [2.24, 2.45) is 0 Å². The molecule has 0 spiro atoms. The number of nitrogens with zero attached hydrogens (tertiary/aromatic N) is 2. The van der Waals surface area contributed by atoms with Crippen LogP contribution < -0.4 is 5.32 Å². The second-order valence-corrected chi connectivity index (χ2v) is 4.59. The van der Waals surface area contributed by atoms with E-state index in [4.69, 9.17) is 11.6 Å². The number of methoxy groups -OCH3 is 1. The number of aromatic nitrogens is 2. The summed E-state index contributed by atoms with van der Waals surface area (Å²) in [5, 5.41) is 3.59. The molecule has 0 saturated heterocycles. The summed E-state index contributed by atoms with van der Waals surface area (Å²) in [6.45, 7) is 1.95. The molecule has 2 rings (SSSR count). The van der Waals surface area contributed by atoms with E-state index in [9.17, 15) is 4.79 Å². The molecule has 0 aliphatic heterocycles. The summed E-state index contributed by atoms with van der Waals surface area (Å²) in [6.07, 6.45) is 4.94. The van der Waals surface area contributed by atoms with Crippen molar-refractivity contribution in [3.8, 4) is 0 Å². The van der Waals surface area contributed by atoms with E-state index in [-0.39, 0.29) is 6.04 Å². The van der Waals surface area contributed by atoms with Crippen LogP contribution in [0.5, 0.6) is 0 Å². The van der Waals surface area contributed by atoms with E-state index in [1.54, 1.807) is 36.8 Å². The van der Waals surface area contributed by atoms with Crippen LogP contribution in [-0.2, 0) is 4.74 Å². The van der Waals surface area contributed by atoms with Gasteiger partial charge in [-0.05, 0) is 25.1 Å². The number of ether oxygens (including phenoxy) is 1. The summed E-state index contributed by atoms with van der Waals surface area (Å²) >= 11 is 5.97. The molecule has 0 radical (unpaired) electrons. The normalized spacial score (nSPS) is 11.8. The highest BCUT2D eigenvalue weighted by atomic mass is 35.5. The molecular weight excluding hydrogens is 278 g/mol. The molecule has 1 aromatic heterocycles. The van der Waals surface area contributed by atoms with Gasteiger partial charge in [0.1, 0.15) is 0 Å². The lowest BCUT2D eigenvalue weighted by Crippen LogP contribution is -2.10. The average Bonchev–Trinajstić information content (AvgIpc) is 2.49. The molecular formula is C14H14ClN3O2. The Hall–Kier alpha value is -2.14. The van der Waals surface area contributed by atoms with Crippen LogP contribution >= 0.6 is 11.6 Å². The highest BCUT2D eigenvalue weighted by Gasteiger charge is 2.13. The van der Waals surface area contributed by atoms with Gasteiger partial charge < -0.3 is 10.1 Å². The van der Waals surface area contributed by atoms with E-state index in [1.165, 1.54) is 7.11 Å². The maximum atomic E-state index is 11.6. The average molecular weight is 292 g/mol. The highest BCUT2D eigenvalue weighted by molar-refractivity contribution is 6.33. The van der Waals surface area contributed by atoms with Crippen molar-refractivity contribution in [2.45, 2.75) is 13.0 Å². The monoisotopic (exact) mass is 291 g/mol. The summed E-state index contributed by atoms with van der Waals surface area (Å²) in [5.41, 5.74) is 1.89. The van der Waals surface area contributed by atoms with Gasteiger partial charge >= 0.3 is 5.97 Å². The summed E-state index contributed by atoms with van der Waals surface area (Å²) in [7, 11) is 1.32. The fourth-order valence-electron chi connectivity index (χ4n) is 1.74. The molecule has 0 aliphatic carbocycles. The largest absolute Gasteiger partial charge is 0.465 e. The second-order valence-electron chi connectivity index (χ2n) is 4.18. The molecule has 0 aliphatic rings. The van der Waals surface area contributed by atoms with Gasteiger partial charge in [0.2, 0.25) is 0 Å². The number of hydrogen-bond donors (Lipinski definition) is 1. The number of nitrogens with one attached hydrogen (secondary N) is 1. The van der Waals surface area contributed by atoms with Crippen molar-refractivity contribution in [1.29, 1.82) is 0 Å². The number of carbonyl (C=O) groups excluding carboxylic acids is 1. The Morgan fingerprint density at radius 2 is 2.20 bits per heavy atom. The molecule has 0 amide bonds. The van der Waals surface area contributed by atoms with Crippen molar-refractivity contribution in [1.82, 2.24) is 9.97 Å². The topological polar surface area (TPSA) is 64.1 Å². The van der Waals surface area contributed by atoms with Crippen LogP contribution in [0.3, 0.4) is 0 Å². The molecule has 104 valence electrons. The number of benzene rings is 1. The third kappa shape index (κ3) is 3.24. The Morgan fingerprint density at radius 1 is 1.40 bits per heavy atom. The van der Waals surface area contributed by atoms with Crippen molar-refractivity contribution in [3.05, 3.63) is 53.1 Å². The minimum absolute atomic E-state index is 0.0460. The number of hydrogen-bond acceptors (Lipinski definition) is 5. The first-order valence-corrected chi connectivity index (χ1v) is 6.40. The molecule has 1 unspecified atom stereocenters. The third-order valence-corrected chi connectivity index (χ3v) is 3.11. The van der Waals surface area contributed by atoms with Crippen LogP contribution in [0.15, 0.2) is 36.8 Å². The van der Waals surface area contributed by atoms with Crippen molar-refractivity contribution in [3.63, 3.8) is 0 Å². The van der Waals surface area contributed by atoms with E-state index in [1.807, 2.05) is 6.92 Å². The maximum Gasteiger partial charge on any atom is 0.339 e. The minimum atomic E-state index is -0.467. The van der Waals surface area contributed by atoms with Crippen LogP contribution in [-0.4, -0.2) is 23.0 Å². The van der Waals surface area contributed by atoms with E-state index < -0.39 is 5.97 Å². The van der Waals surface area contributed by atoms with Crippen LogP contribution in [0.25, 0.3) is 0 Å². The molecule has 1 N–H and O–H groups in total. The fourth-order valence-corrected chi connectivity index (χ4v) is 1.93. The zero-order valence-electron chi connectivity index (χ0n) is 11.1. The van der Waals surface area contributed by atoms with E-state index in [0.29, 0.717) is 10.6 Å². The molecule has 1 aromatic carbocycles. The molecule has 1 heterocycles. The van der Waals surface area contributed by atoms with Gasteiger partial charge in [0.15, 0.2) is 0 Å². The summed E-state index contributed by atoms with van der Waals surface area (Å²) in [4.78, 5) is 19.8. The Labute approximate surface area is 122 Å². The lowest BCUT2D eigenvalue weighted by atomic mass is 10.1. The molecule has 0 saturated carbocycles. The van der Waals surface area contributed by atoms with Gasteiger partial charge in [-0.1, -0.05) is 11.6 Å². The first-order chi connectivity index (χ1) is 9.61.